The molecule has 0 radical (unpaired) electrons. The van der Waals surface area contributed by atoms with Crippen molar-refractivity contribution in [1.82, 2.24) is 30.6 Å². The molecule has 34 heavy (non-hydrogen) atoms. The van der Waals surface area contributed by atoms with Crippen LogP contribution >= 0.6 is 0 Å². The zero-order valence-corrected chi connectivity index (χ0v) is 18.3. The van der Waals surface area contributed by atoms with Crippen LogP contribution in [0.5, 0.6) is 0 Å². The van der Waals surface area contributed by atoms with Crippen LogP contribution in [0.3, 0.4) is 0 Å². The van der Waals surface area contributed by atoms with E-state index in [2.05, 4.69) is 25.7 Å². The minimum atomic E-state index is -1.32. The number of aromatic amines is 1. The fourth-order valence-electron chi connectivity index (χ4n) is 4.41. The number of halogens is 2. The normalized spacial score (nSPS) is 20.8. The minimum Gasteiger partial charge on any atom is -0.342 e. The third kappa shape index (κ3) is 4.66. The van der Waals surface area contributed by atoms with E-state index < -0.39 is 36.0 Å². The largest absolute Gasteiger partial charge is 0.342 e. The summed E-state index contributed by atoms with van der Waals surface area (Å²) >= 11 is 0. The van der Waals surface area contributed by atoms with E-state index in [9.17, 15) is 18.4 Å². The van der Waals surface area contributed by atoms with Gasteiger partial charge in [-0.05, 0) is 30.4 Å². The molecule has 10 heteroatoms. The van der Waals surface area contributed by atoms with Crippen LogP contribution in [-0.4, -0.2) is 55.9 Å². The highest BCUT2D eigenvalue weighted by atomic mass is 19.1. The van der Waals surface area contributed by atoms with Crippen molar-refractivity contribution in [3.8, 4) is 0 Å². The summed E-state index contributed by atoms with van der Waals surface area (Å²) in [6.45, 7) is -0.173. The van der Waals surface area contributed by atoms with E-state index >= 15 is 0 Å². The molecule has 1 aromatic carbocycles. The van der Waals surface area contributed by atoms with Crippen molar-refractivity contribution in [3.05, 3.63) is 77.1 Å². The second kappa shape index (κ2) is 9.28. The Labute approximate surface area is 194 Å². The van der Waals surface area contributed by atoms with E-state index in [0.717, 1.165) is 12.8 Å². The third-order valence-corrected chi connectivity index (χ3v) is 6.30. The number of H-pyrrole nitrogens is 1. The molecule has 1 saturated heterocycles. The van der Waals surface area contributed by atoms with E-state index in [1.807, 2.05) is 18.2 Å². The van der Waals surface area contributed by atoms with E-state index in [0.29, 0.717) is 22.5 Å². The molecule has 2 fully saturated rings. The Kier molecular flexibility index (Phi) is 6.04. The first kappa shape index (κ1) is 22.1. The topological polar surface area (TPSA) is 104 Å². The molecule has 1 aliphatic heterocycles. The summed E-state index contributed by atoms with van der Waals surface area (Å²) in [4.78, 5) is 31.5. The van der Waals surface area contributed by atoms with E-state index in [1.54, 1.807) is 24.3 Å². The number of hydrogen-bond acceptors (Lipinski definition) is 5. The van der Waals surface area contributed by atoms with Gasteiger partial charge in [0.15, 0.2) is 0 Å². The molecule has 1 aliphatic carbocycles. The Balaban J connectivity index is 1.38. The second-order valence-corrected chi connectivity index (χ2v) is 8.78. The number of nitrogens with zero attached hydrogens (tertiary/aromatic N) is 4. The van der Waals surface area contributed by atoms with Gasteiger partial charge in [0.2, 0.25) is 17.8 Å². The average molecular weight is 466 g/mol. The van der Waals surface area contributed by atoms with Crippen molar-refractivity contribution >= 4 is 11.8 Å². The predicted octanol–water partition coefficient (Wildman–Crippen LogP) is 2.60. The monoisotopic (exact) mass is 466 g/mol. The molecule has 2 aliphatic rings. The molecule has 2 amide bonds. The zero-order valence-electron chi connectivity index (χ0n) is 18.3. The number of carbonyl (C=O) groups is 2. The Morgan fingerprint density at radius 1 is 1.18 bits per heavy atom. The van der Waals surface area contributed by atoms with Crippen LogP contribution < -0.4 is 5.32 Å². The first-order valence-electron chi connectivity index (χ1n) is 11.3. The molecule has 2 N–H and O–H groups in total. The number of nitrogens with one attached hydrogen (secondary N) is 2. The van der Waals surface area contributed by atoms with E-state index in [-0.39, 0.29) is 25.3 Å². The van der Waals surface area contributed by atoms with E-state index in [4.69, 9.17) is 0 Å². The van der Waals surface area contributed by atoms with Crippen LogP contribution in [0, 0.1) is 5.95 Å². The molecule has 2 aromatic heterocycles. The summed E-state index contributed by atoms with van der Waals surface area (Å²) in [6.07, 6.45) is 1.78. The van der Waals surface area contributed by atoms with Crippen molar-refractivity contribution < 1.29 is 18.4 Å². The highest BCUT2D eigenvalue weighted by molar-refractivity contribution is 5.89. The number of carbonyl (C=O) groups excluding carboxylic acids is 2. The number of pyridine rings is 1. The van der Waals surface area contributed by atoms with E-state index in [1.165, 1.54) is 11.1 Å². The second-order valence-electron chi connectivity index (χ2n) is 8.78. The summed E-state index contributed by atoms with van der Waals surface area (Å²) in [5, 5.41) is 12.8. The Hall–Kier alpha value is -3.69. The third-order valence-electron chi connectivity index (χ3n) is 6.30. The van der Waals surface area contributed by atoms with Gasteiger partial charge in [-0.3, -0.25) is 9.59 Å². The first-order chi connectivity index (χ1) is 16.5. The summed E-state index contributed by atoms with van der Waals surface area (Å²) in [7, 11) is 0. The van der Waals surface area contributed by atoms with Gasteiger partial charge in [-0.25, -0.2) is 9.37 Å². The average Bonchev–Trinajstić information content (AvgIpc) is 3.40. The smallest absolute Gasteiger partial charge is 0.243 e. The van der Waals surface area contributed by atoms with Gasteiger partial charge in [0.25, 0.3) is 0 Å². The van der Waals surface area contributed by atoms with Gasteiger partial charge in [-0.1, -0.05) is 36.4 Å². The summed E-state index contributed by atoms with van der Waals surface area (Å²) in [5.41, 5.74) is 2.04. The fourth-order valence-corrected chi connectivity index (χ4v) is 4.41. The lowest BCUT2D eigenvalue weighted by Crippen LogP contribution is -2.47. The van der Waals surface area contributed by atoms with Gasteiger partial charge in [0.05, 0.1) is 36.6 Å². The molecule has 1 saturated carbocycles. The van der Waals surface area contributed by atoms with Crippen molar-refractivity contribution in [2.75, 3.05) is 6.54 Å². The highest BCUT2D eigenvalue weighted by Crippen LogP contribution is 2.41. The number of amides is 2. The van der Waals surface area contributed by atoms with Crippen LogP contribution in [0.4, 0.5) is 8.78 Å². The fraction of sp³-hybridized carbons (Fsp3) is 0.375. The van der Waals surface area contributed by atoms with Gasteiger partial charge in [-0.2, -0.15) is 19.8 Å². The van der Waals surface area contributed by atoms with Gasteiger partial charge >= 0.3 is 0 Å². The molecule has 176 valence electrons. The molecule has 3 atom stereocenters. The highest BCUT2D eigenvalue weighted by Gasteiger charge is 2.40. The molecular weight excluding hydrogens is 442 g/mol. The van der Waals surface area contributed by atoms with Crippen molar-refractivity contribution in [3.63, 3.8) is 0 Å². The number of hydrogen-bond donors (Lipinski definition) is 2. The lowest BCUT2D eigenvalue weighted by atomic mass is 10.0. The van der Waals surface area contributed by atoms with Crippen LogP contribution in [0.15, 0.2) is 48.7 Å². The maximum Gasteiger partial charge on any atom is 0.243 e. The number of rotatable bonds is 7. The van der Waals surface area contributed by atoms with Crippen molar-refractivity contribution in [2.45, 2.75) is 49.9 Å². The molecule has 3 heterocycles. The molecular formula is C24H24F2N6O2. The van der Waals surface area contributed by atoms with Crippen molar-refractivity contribution in [2.24, 2.45) is 0 Å². The number of alkyl halides is 1. The molecule has 3 aromatic rings. The summed E-state index contributed by atoms with van der Waals surface area (Å²) < 4.78 is 29.0. The Morgan fingerprint density at radius 2 is 1.97 bits per heavy atom. The quantitative estimate of drug-likeness (QED) is 0.521. The standard InChI is InChI=1S/C24H24F2N6O2/c25-16-10-20(32(13-16)21(33)11-17-12-27-31-30-17)24(34)29-22(15-4-2-1-3-5-15)19-9-8-18(14-6-7-14)23(26)28-19/h1-5,8-9,12,14,16,20,22H,6-7,10-11,13H2,(H,29,34)(H,27,30,31)/t16-,20+,22+/m1/s1. The summed E-state index contributed by atoms with van der Waals surface area (Å²) in [5.74, 6) is -1.26. The lowest BCUT2D eigenvalue weighted by molar-refractivity contribution is -0.138. The maximum absolute atomic E-state index is 14.7. The molecule has 5 rings (SSSR count). The van der Waals surface area contributed by atoms with Crippen molar-refractivity contribution in [1.29, 1.82) is 0 Å². The zero-order chi connectivity index (χ0) is 23.7. The lowest BCUT2D eigenvalue weighted by Gasteiger charge is -2.26. The van der Waals surface area contributed by atoms with Gasteiger partial charge in [0.1, 0.15) is 12.2 Å². The Bertz CT molecular complexity index is 1170. The molecule has 0 spiro atoms. The van der Waals surface area contributed by atoms with Gasteiger partial charge in [0, 0.05) is 12.0 Å². The number of benzene rings is 1. The SMILES string of the molecule is O=C(N[C@@H](c1ccccc1)c1ccc(C2CC2)c(F)n1)[C@@H]1C[C@@H](F)CN1C(=O)Cc1cn[nH]n1. The summed E-state index contributed by atoms with van der Waals surface area (Å²) in [6, 6.07) is 10.8. The van der Waals surface area contributed by atoms with Crippen LogP contribution in [0.1, 0.15) is 53.7 Å². The minimum absolute atomic E-state index is 0.0927. The number of likely N-dealkylation sites (tertiary alicyclic amines) is 1. The Morgan fingerprint density at radius 3 is 2.65 bits per heavy atom. The molecule has 8 nitrogen and oxygen atoms in total. The van der Waals surface area contributed by atoms with Gasteiger partial charge in [-0.15, -0.1) is 0 Å². The molecule has 0 unspecified atom stereocenters. The maximum atomic E-state index is 14.7. The first-order valence-corrected chi connectivity index (χ1v) is 11.3. The molecule has 0 bridgehead atoms. The van der Waals surface area contributed by atoms with Gasteiger partial charge < -0.3 is 10.2 Å². The number of aromatic nitrogens is 4. The van der Waals surface area contributed by atoms with Crippen LogP contribution in [0.25, 0.3) is 0 Å². The van der Waals surface area contributed by atoms with Crippen LogP contribution in [0.2, 0.25) is 0 Å². The predicted molar refractivity (Wildman–Crippen MR) is 118 cm³/mol. The van der Waals surface area contributed by atoms with Crippen LogP contribution in [-0.2, 0) is 16.0 Å².